The van der Waals surface area contributed by atoms with E-state index in [1.807, 2.05) is 13.8 Å². The van der Waals surface area contributed by atoms with Crippen LogP contribution in [-0.2, 0) is 0 Å². The summed E-state index contributed by atoms with van der Waals surface area (Å²) in [5.41, 5.74) is 0.377. The zero-order valence-corrected chi connectivity index (χ0v) is 9.93. The molecule has 0 aliphatic heterocycles. The summed E-state index contributed by atoms with van der Waals surface area (Å²) in [7, 11) is 1.60. The van der Waals surface area contributed by atoms with Gasteiger partial charge in [-0.15, -0.1) is 0 Å². The molecule has 0 saturated carbocycles. The van der Waals surface area contributed by atoms with Gasteiger partial charge in [-0.05, 0) is 32.0 Å². The quantitative estimate of drug-likeness (QED) is 0.834. The van der Waals surface area contributed by atoms with Crippen molar-refractivity contribution in [1.82, 2.24) is 0 Å². The standard InChI is InChI=1S/C11H16ClNO2/c1-11(2,7-14)13-9-6-8(12)4-5-10(9)15-3/h4-6,13-14H,7H2,1-3H3. The number of rotatable bonds is 4. The van der Waals surface area contributed by atoms with Gasteiger partial charge in [-0.3, -0.25) is 0 Å². The smallest absolute Gasteiger partial charge is 0.142 e. The van der Waals surface area contributed by atoms with Crippen molar-refractivity contribution in [3.8, 4) is 5.75 Å². The molecule has 1 aromatic carbocycles. The molecule has 0 heterocycles. The van der Waals surface area contributed by atoms with Crippen LogP contribution in [-0.4, -0.2) is 24.4 Å². The zero-order valence-electron chi connectivity index (χ0n) is 9.17. The summed E-state index contributed by atoms with van der Waals surface area (Å²) >= 11 is 5.89. The van der Waals surface area contributed by atoms with E-state index >= 15 is 0 Å². The fraction of sp³-hybridized carbons (Fsp3) is 0.455. The first-order valence-corrected chi connectivity index (χ1v) is 5.09. The van der Waals surface area contributed by atoms with Crippen molar-refractivity contribution < 1.29 is 9.84 Å². The number of nitrogens with one attached hydrogen (secondary N) is 1. The number of hydrogen-bond acceptors (Lipinski definition) is 3. The Morgan fingerprint density at radius 3 is 2.67 bits per heavy atom. The molecule has 15 heavy (non-hydrogen) atoms. The number of hydrogen-bond donors (Lipinski definition) is 2. The number of anilines is 1. The maximum Gasteiger partial charge on any atom is 0.142 e. The maximum atomic E-state index is 9.15. The molecule has 4 heteroatoms. The predicted molar refractivity (Wildman–Crippen MR) is 62.8 cm³/mol. The van der Waals surface area contributed by atoms with Crippen LogP contribution >= 0.6 is 11.6 Å². The highest BCUT2D eigenvalue weighted by Gasteiger charge is 2.17. The van der Waals surface area contributed by atoms with Gasteiger partial charge in [-0.1, -0.05) is 11.6 Å². The minimum Gasteiger partial charge on any atom is -0.495 e. The fourth-order valence-corrected chi connectivity index (χ4v) is 1.35. The SMILES string of the molecule is COc1ccc(Cl)cc1NC(C)(C)CO. The molecule has 0 saturated heterocycles. The van der Waals surface area contributed by atoms with Crippen LogP contribution in [0.5, 0.6) is 5.75 Å². The highest BCUT2D eigenvalue weighted by molar-refractivity contribution is 6.30. The van der Waals surface area contributed by atoms with Gasteiger partial charge in [0.15, 0.2) is 0 Å². The molecule has 0 bridgehead atoms. The summed E-state index contributed by atoms with van der Waals surface area (Å²) < 4.78 is 5.19. The second kappa shape index (κ2) is 4.73. The Morgan fingerprint density at radius 1 is 1.47 bits per heavy atom. The average molecular weight is 230 g/mol. The van der Waals surface area contributed by atoms with E-state index in [1.165, 1.54) is 0 Å². The first kappa shape index (κ1) is 12.1. The van der Waals surface area contributed by atoms with E-state index in [0.717, 1.165) is 5.69 Å². The van der Waals surface area contributed by atoms with Crippen molar-refractivity contribution in [3.05, 3.63) is 23.2 Å². The van der Waals surface area contributed by atoms with E-state index in [-0.39, 0.29) is 6.61 Å². The first-order valence-electron chi connectivity index (χ1n) is 4.71. The molecule has 0 spiro atoms. The van der Waals surface area contributed by atoms with Crippen molar-refractivity contribution in [1.29, 1.82) is 0 Å². The molecule has 1 aromatic rings. The third kappa shape index (κ3) is 3.29. The fourth-order valence-electron chi connectivity index (χ4n) is 1.18. The van der Waals surface area contributed by atoms with Gasteiger partial charge in [0.2, 0.25) is 0 Å². The van der Waals surface area contributed by atoms with Gasteiger partial charge >= 0.3 is 0 Å². The van der Waals surface area contributed by atoms with Gasteiger partial charge < -0.3 is 15.2 Å². The van der Waals surface area contributed by atoms with Gasteiger partial charge in [0.25, 0.3) is 0 Å². The summed E-state index contributed by atoms with van der Waals surface area (Å²) in [5, 5.41) is 13.0. The van der Waals surface area contributed by atoms with Crippen molar-refractivity contribution in [2.24, 2.45) is 0 Å². The van der Waals surface area contributed by atoms with Crippen molar-refractivity contribution in [2.45, 2.75) is 19.4 Å². The van der Waals surface area contributed by atoms with Crippen molar-refractivity contribution in [2.75, 3.05) is 19.0 Å². The Kier molecular flexibility index (Phi) is 3.83. The lowest BCUT2D eigenvalue weighted by molar-refractivity contribution is 0.234. The van der Waals surface area contributed by atoms with Gasteiger partial charge in [0, 0.05) is 5.02 Å². The number of ether oxygens (including phenoxy) is 1. The molecule has 0 amide bonds. The second-order valence-corrected chi connectivity index (χ2v) is 4.45. The average Bonchev–Trinajstić information content (AvgIpc) is 2.18. The molecule has 0 aromatic heterocycles. The normalized spacial score (nSPS) is 11.3. The first-order chi connectivity index (χ1) is 6.98. The Labute approximate surface area is 95.0 Å². The van der Waals surface area contributed by atoms with Crippen LogP contribution in [0.15, 0.2) is 18.2 Å². The Hall–Kier alpha value is -0.930. The molecule has 0 aliphatic rings. The molecule has 0 unspecified atom stereocenters. The van der Waals surface area contributed by atoms with Crippen LogP contribution < -0.4 is 10.1 Å². The van der Waals surface area contributed by atoms with Gasteiger partial charge in [0.05, 0.1) is 24.9 Å². The number of aliphatic hydroxyl groups excluding tert-OH is 1. The molecule has 3 nitrogen and oxygen atoms in total. The summed E-state index contributed by atoms with van der Waals surface area (Å²) in [5.74, 6) is 0.709. The minimum absolute atomic E-state index is 0.0304. The lowest BCUT2D eigenvalue weighted by Gasteiger charge is -2.26. The Balaban J connectivity index is 2.97. The minimum atomic E-state index is -0.405. The molecular weight excluding hydrogens is 214 g/mol. The topological polar surface area (TPSA) is 41.5 Å². The van der Waals surface area contributed by atoms with Crippen LogP contribution in [0.2, 0.25) is 5.02 Å². The maximum absolute atomic E-state index is 9.15. The van der Waals surface area contributed by atoms with Crippen LogP contribution in [0.3, 0.4) is 0 Å². The number of methoxy groups -OCH3 is 1. The van der Waals surface area contributed by atoms with E-state index in [2.05, 4.69) is 5.32 Å². The molecule has 0 fully saturated rings. The van der Waals surface area contributed by atoms with Crippen LogP contribution in [0, 0.1) is 0 Å². The van der Waals surface area contributed by atoms with Gasteiger partial charge in [0.1, 0.15) is 5.75 Å². The molecule has 0 aliphatic carbocycles. The molecule has 84 valence electrons. The van der Waals surface area contributed by atoms with Crippen LogP contribution in [0.1, 0.15) is 13.8 Å². The molecule has 2 N–H and O–H groups in total. The third-order valence-electron chi connectivity index (χ3n) is 2.03. The monoisotopic (exact) mass is 229 g/mol. The van der Waals surface area contributed by atoms with Gasteiger partial charge in [-0.25, -0.2) is 0 Å². The Morgan fingerprint density at radius 2 is 2.13 bits per heavy atom. The summed E-state index contributed by atoms with van der Waals surface area (Å²) in [6.45, 7) is 3.82. The highest BCUT2D eigenvalue weighted by Crippen LogP contribution is 2.29. The molecule has 0 radical (unpaired) electrons. The van der Waals surface area contributed by atoms with E-state index < -0.39 is 5.54 Å². The van der Waals surface area contributed by atoms with Crippen molar-refractivity contribution >= 4 is 17.3 Å². The molecule has 1 rings (SSSR count). The van der Waals surface area contributed by atoms with E-state index in [1.54, 1.807) is 25.3 Å². The van der Waals surface area contributed by atoms with E-state index in [0.29, 0.717) is 10.8 Å². The van der Waals surface area contributed by atoms with E-state index in [4.69, 9.17) is 21.4 Å². The summed E-state index contributed by atoms with van der Waals surface area (Å²) in [6.07, 6.45) is 0. The van der Waals surface area contributed by atoms with Gasteiger partial charge in [-0.2, -0.15) is 0 Å². The Bertz CT molecular complexity index is 339. The van der Waals surface area contributed by atoms with Crippen molar-refractivity contribution in [3.63, 3.8) is 0 Å². The second-order valence-electron chi connectivity index (χ2n) is 4.01. The predicted octanol–water partition coefficient (Wildman–Crippen LogP) is 2.53. The lowest BCUT2D eigenvalue weighted by Crippen LogP contribution is -2.35. The summed E-state index contributed by atoms with van der Waals surface area (Å²) in [6, 6.07) is 5.33. The lowest BCUT2D eigenvalue weighted by atomic mass is 10.1. The number of aliphatic hydroxyl groups is 1. The van der Waals surface area contributed by atoms with Crippen LogP contribution in [0.25, 0.3) is 0 Å². The largest absolute Gasteiger partial charge is 0.495 e. The molecular formula is C11H16ClNO2. The van der Waals surface area contributed by atoms with E-state index in [9.17, 15) is 0 Å². The highest BCUT2D eigenvalue weighted by atomic mass is 35.5. The van der Waals surface area contributed by atoms with Crippen LogP contribution in [0.4, 0.5) is 5.69 Å². The number of benzene rings is 1. The third-order valence-corrected chi connectivity index (χ3v) is 2.26. The zero-order chi connectivity index (χ0) is 11.5. The summed E-state index contributed by atoms with van der Waals surface area (Å²) in [4.78, 5) is 0. The molecule has 0 atom stereocenters. The number of halogens is 1.